The highest BCUT2D eigenvalue weighted by molar-refractivity contribution is 5.82. The third kappa shape index (κ3) is 3.37. The Morgan fingerprint density at radius 2 is 2.06 bits per heavy atom. The van der Waals surface area contributed by atoms with Crippen molar-refractivity contribution in [1.82, 2.24) is 5.32 Å². The summed E-state index contributed by atoms with van der Waals surface area (Å²) in [6.45, 7) is 4.97. The van der Waals surface area contributed by atoms with E-state index in [1.54, 1.807) is 0 Å². The van der Waals surface area contributed by atoms with Crippen LogP contribution in [0.2, 0.25) is 0 Å². The predicted octanol–water partition coefficient (Wildman–Crippen LogP) is 2.05. The highest BCUT2D eigenvalue weighted by atomic mass is 19.1. The zero-order chi connectivity index (χ0) is 13.7. The van der Waals surface area contributed by atoms with Gasteiger partial charge in [-0.2, -0.15) is 0 Å². The van der Waals surface area contributed by atoms with Crippen molar-refractivity contribution in [1.29, 1.82) is 0 Å². The van der Waals surface area contributed by atoms with Gasteiger partial charge in [0.1, 0.15) is 11.6 Å². The normalized spacial score (nSPS) is 13.8. The number of hydrogen-bond acceptors (Lipinski definition) is 2. The SMILES string of the molecule is C=CCC(N)C(=O)NC(C)c1c(F)cccc1F. The molecular formula is C13H16F2N2O. The largest absolute Gasteiger partial charge is 0.348 e. The number of hydrogen-bond donors (Lipinski definition) is 2. The van der Waals surface area contributed by atoms with Gasteiger partial charge in [-0.05, 0) is 25.5 Å². The van der Waals surface area contributed by atoms with Crippen LogP contribution in [0.25, 0.3) is 0 Å². The van der Waals surface area contributed by atoms with Crippen molar-refractivity contribution >= 4 is 5.91 Å². The van der Waals surface area contributed by atoms with E-state index in [9.17, 15) is 13.6 Å². The minimum Gasteiger partial charge on any atom is -0.348 e. The lowest BCUT2D eigenvalue weighted by Gasteiger charge is -2.18. The molecule has 2 unspecified atom stereocenters. The van der Waals surface area contributed by atoms with E-state index in [0.717, 1.165) is 12.1 Å². The second-order valence-corrected chi connectivity index (χ2v) is 4.00. The fourth-order valence-electron chi connectivity index (χ4n) is 1.60. The summed E-state index contributed by atoms with van der Waals surface area (Å²) in [6.07, 6.45) is 1.82. The molecule has 3 nitrogen and oxygen atoms in total. The van der Waals surface area contributed by atoms with E-state index in [2.05, 4.69) is 11.9 Å². The Morgan fingerprint density at radius 1 is 1.50 bits per heavy atom. The summed E-state index contributed by atoms with van der Waals surface area (Å²) < 4.78 is 26.9. The lowest BCUT2D eigenvalue weighted by molar-refractivity contribution is -0.122. The molecule has 0 saturated heterocycles. The Labute approximate surface area is 105 Å². The van der Waals surface area contributed by atoms with Gasteiger partial charge in [0.05, 0.1) is 12.1 Å². The van der Waals surface area contributed by atoms with Gasteiger partial charge in [0.15, 0.2) is 0 Å². The number of benzene rings is 1. The summed E-state index contributed by atoms with van der Waals surface area (Å²) in [5.41, 5.74) is 5.39. The molecule has 0 heterocycles. The van der Waals surface area contributed by atoms with Crippen LogP contribution < -0.4 is 11.1 Å². The molecular weight excluding hydrogens is 238 g/mol. The molecule has 0 aromatic heterocycles. The van der Waals surface area contributed by atoms with Gasteiger partial charge in [0.25, 0.3) is 0 Å². The number of nitrogens with two attached hydrogens (primary N) is 1. The maximum Gasteiger partial charge on any atom is 0.237 e. The first kappa shape index (κ1) is 14.3. The van der Waals surface area contributed by atoms with Crippen LogP contribution in [0, 0.1) is 11.6 Å². The van der Waals surface area contributed by atoms with E-state index in [-0.39, 0.29) is 5.56 Å². The monoisotopic (exact) mass is 254 g/mol. The number of rotatable bonds is 5. The van der Waals surface area contributed by atoms with E-state index in [1.165, 1.54) is 19.1 Å². The number of amides is 1. The quantitative estimate of drug-likeness (QED) is 0.790. The second kappa shape index (κ2) is 6.26. The average molecular weight is 254 g/mol. The highest BCUT2D eigenvalue weighted by Crippen LogP contribution is 2.20. The Kier molecular flexibility index (Phi) is 4.97. The van der Waals surface area contributed by atoms with Crippen molar-refractivity contribution in [3.05, 3.63) is 48.1 Å². The third-order valence-corrected chi connectivity index (χ3v) is 2.55. The standard InChI is InChI=1S/C13H16F2N2O/c1-3-5-11(16)13(18)17-8(2)12-9(14)6-4-7-10(12)15/h3-4,6-8,11H,1,5,16H2,2H3,(H,17,18). The fraction of sp³-hybridized carbons (Fsp3) is 0.308. The molecule has 18 heavy (non-hydrogen) atoms. The molecule has 0 saturated carbocycles. The first-order valence-corrected chi connectivity index (χ1v) is 5.58. The van der Waals surface area contributed by atoms with Crippen LogP contribution in [0.15, 0.2) is 30.9 Å². The summed E-state index contributed by atoms with van der Waals surface area (Å²) >= 11 is 0. The summed E-state index contributed by atoms with van der Waals surface area (Å²) in [5, 5.41) is 2.47. The Bertz CT molecular complexity index is 428. The predicted molar refractivity (Wildman–Crippen MR) is 65.7 cm³/mol. The highest BCUT2D eigenvalue weighted by Gasteiger charge is 2.20. The number of carbonyl (C=O) groups is 1. The van der Waals surface area contributed by atoms with Crippen molar-refractivity contribution in [3.8, 4) is 0 Å². The van der Waals surface area contributed by atoms with Gasteiger partial charge in [0.2, 0.25) is 5.91 Å². The van der Waals surface area contributed by atoms with E-state index < -0.39 is 29.6 Å². The molecule has 0 fully saturated rings. The Balaban J connectivity index is 2.79. The van der Waals surface area contributed by atoms with Crippen molar-refractivity contribution in [2.75, 3.05) is 0 Å². The van der Waals surface area contributed by atoms with E-state index in [1.807, 2.05) is 0 Å². The van der Waals surface area contributed by atoms with Crippen LogP contribution in [0.5, 0.6) is 0 Å². The van der Waals surface area contributed by atoms with Gasteiger partial charge in [-0.3, -0.25) is 4.79 Å². The fourth-order valence-corrected chi connectivity index (χ4v) is 1.60. The Morgan fingerprint density at radius 3 is 2.56 bits per heavy atom. The molecule has 1 aromatic rings. The molecule has 1 rings (SSSR count). The third-order valence-electron chi connectivity index (χ3n) is 2.55. The van der Waals surface area contributed by atoms with Crippen LogP contribution in [0.4, 0.5) is 8.78 Å². The maximum absolute atomic E-state index is 13.5. The molecule has 3 N–H and O–H groups in total. The molecule has 0 aliphatic carbocycles. The van der Waals surface area contributed by atoms with Crippen molar-refractivity contribution < 1.29 is 13.6 Å². The zero-order valence-electron chi connectivity index (χ0n) is 10.1. The van der Waals surface area contributed by atoms with Crippen LogP contribution in [0.3, 0.4) is 0 Å². The van der Waals surface area contributed by atoms with E-state index in [0.29, 0.717) is 6.42 Å². The minimum absolute atomic E-state index is 0.170. The van der Waals surface area contributed by atoms with Crippen molar-refractivity contribution in [3.63, 3.8) is 0 Å². The van der Waals surface area contributed by atoms with Gasteiger partial charge < -0.3 is 11.1 Å². The molecule has 98 valence electrons. The van der Waals surface area contributed by atoms with Crippen molar-refractivity contribution in [2.24, 2.45) is 5.73 Å². The lowest BCUT2D eigenvalue weighted by Crippen LogP contribution is -2.41. The molecule has 0 spiro atoms. The second-order valence-electron chi connectivity index (χ2n) is 4.00. The molecule has 1 aromatic carbocycles. The lowest BCUT2D eigenvalue weighted by atomic mass is 10.1. The molecule has 0 aliphatic heterocycles. The van der Waals surface area contributed by atoms with Crippen molar-refractivity contribution in [2.45, 2.75) is 25.4 Å². The van der Waals surface area contributed by atoms with Crippen LogP contribution in [0.1, 0.15) is 24.9 Å². The summed E-state index contributed by atoms with van der Waals surface area (Å²) in [7, 11) is 0. The van der Waals surface area contributed by atoms with Crippen LogP contribution >= 0.6 is 0 Å². The van der Waals surface area contributed by atoms with Gasteiger partial charge in [-0.25, -0.2) is 8.78 Å². The maximum atomic E-state index is 13.5. The topological polar surface area (TPSA) is 55.1 Å². The zero-order valence-corrected chi connectivity index (χ0v) is 10.1. The van der Waals surface area contributed by atoms with E-state index >= 15 is 0 Å². The molecule has 0 aliphatic rings. The Hall–Kier alpha value is -1.75. The molecule has 0 radical (unpaired) electrons. The molecule has 2 atom stereocenters. The van der Waals surface area contributed by atoms with Crippen LogP contribution in [-0.2, 0) is 4.79 Å². The molecule has 0 bridgehead atoms. The average Bonchev–Trinajstić information content (AvgIpc) is 2.28. The van der Waals surface area contributed by atoms with E-state index in [4.69, 9.17) is 5.73 Å². The minimum atomic E-state index is -0.783. The first-order chi connectivity index (χ1) is 8.47. The number of halogens is 2. The van der Waals surface area contributed by atoms with Gasteiger partial charge in [-0.1, -0.05) is 12.1 Å². The smallest absolute Gasteiger partial charge is 0.237 e. The first-order valence-electron chi connectivity index (χ1n) is 5.58. The summed E-state index contributed by atoms with van der Waals surface area (Å²) in [5.74, 6) is -1.86. The summed E-state index contributed by atoms with van der Waals surface area (Å²) in [4.78, 5) is 11.6. The number of nitrogens with one attached hydrogen (secondary N) is 1. The molecule has 1 amide bonds. The number of carbonyl (C=O) groups excluding carboxylic acids is 1. The van der Waals surface area contributed by atoms with Gasteiger partial charge >= 0.3 is 0 Å². The molecule has 5 heteroatoms. The van der Waals surface area contributed by atoms with Gasteiger partial charge in [-0.15, -0.1) is 6.58 Å². The van der Waals surface area contributed by atoms with Gasteiger partial charge in [0, 0.05) is 5.56 Å². The van der Waals surface area contributed by atoms with Crippen LogP contribution in [-0.4, -0.2) is 11.9 Å². The summed E-state index contributed by atoms with van der Waals surface area (Å²) in [6, 6.07) is 2.01.